The summed E-state index contributed by atoms with van der Waals surface area (Å²) < 4.78 is 5.41. The molecule has 0 aliphatic heterocycles. The molecule has 2 aromatic carbocycles. The summed E-state index contributed by atoms with van der Waals surface area (Å²) in [5, 5.41) is 16.1. The predicted octanol–water partition coefficient (Wildman–Crippen LogP) is 2.36. The maximum absolute atomic E-state index is 12.2. The van der Waals surface area contributed by atoms with Gasteiger partial charge in [-0.15, -0.1) is 0 Å². The number of nitro groups is 1. The number of carbonyl (C=O) groups excluding carboxylic acids is 2. The Morgan fingerprint density at radius 1 is 1.16 bits per heavy atom. The molecule has 2 amide bonds. The minimum Gasteiger partial charge on any atom is -0.474 e. The van der Waals surface area contributed by atoms with Crippen LogP contribution < -0.4 is 15.4 Å². The van der Waals surface area contributed by atoms with E-state index in [-0.39, 0.29) is 17.3 Å². The van der Waals surface area contributed by atoms with E-state index in [1.165, 1.54) is 38.2 Å². The van der Waals surface area contributed by atoms with Crippen LogP contribution in [0.2, 0.25) is 0 Å². The first-order chi connectivity index (χ1) is 11.9. The molecule has 0 heterocycles. The average Bonchev–Trinajstić information content (AvgIpc) is 2.61. The molecular weight excluding hydrogens is 326 g/mol. The summed E-state index contributed by atoms with van der Waals surface area (Å²) in [6, 6.07) is 12.2. The van der Waals surface area contributed by atoms with Crippen molar-refractivity contribution in [3.63, 3.8) is 0 Å². The van der Waals surface area contributed by atoms with E-state index in [0.29, 0.717) is 11.3 Å². The van der Waals surface area contributed by atoms with Gasteiger partial charge in [-0.2, -0.15) is 0 Å². The molecule has 0 saturated heterocycles. The molecule has 0 aliphatic rings. The molecule has 2 aromatic rings. The molecule has 0 aromatic heterocycles. The first-order valence-corrected chi connectivity index (χ1v) is 7.45. The fraction of sp³-hybridized carbons (Fsp3) is 0.176. The van der Waals surface area contributed by atoms with Crippen LogP contribution in [0.4, 0.5) is 11.4 Å². The predicted molar refractivity (Wildman–Crippen MR) is 91.6 cm³/mol. The first kappa shape index (κ1) is 17.9. The van der Waals surface area contributed by atoms with Crippen molar-refractivity contribution in [2.75, 3.05) is 12.4 Å². The van der Waals surface area contributed by atoms with Crippen molar-refractivity contribution in [3.05, 3.63) is 64.2 Å². The van der Waals surface area contributed by atoms with Crippen LogP contribution in [0.1, 0.15) is 17.3 Å². The third-order valence-electron chi connectivity index (χ3n) is 3.35. The molecule has 2 N–H and O–H groups in total. The molecule has 0 fully saturated rings. The fourth-order valence-corrected chi connectivity index (χ4v) is 2.08. The van der Waals surface area contributed by atoms with E-state index in [2.05, 4.69) is 10.6 Å². The highest BCUT2D eigenvalue weighted by atomic mass is 16.6. The van der Waals surface area contributed by atoms with Gasteiger partial charge in [0.2, 0.25) is 0 Å². The van der Waals surface area contributed by atoms with Crippen LogP contribution in [-0.2, 0) is 4.79 Å². The van der Waals surface area contributed by atoms with E-state index in [1.54, 1.807) is 24.3 Å². The summed E-state index contributed by atoms with van der Waals surface area (Å²) in [7, 11) is 1.51. The second-order valence-electron chi connectivity index (χ2n) is 5.13. The second-order valence-corrected chi connectivity index (χ2v) is 5.13. The molecule has 0 bridgehead atoms. The topological polar surface area (TPSA) is 111 Å². The van der Waals surface area contributed by atoms with E-state index < -0.39 is 16.9 Å². The number of amides is 2. The van der Waals surface area contributed by atoms with Gasteiger partial charge >= 0.3 is 5.69 Å². The molecule has 0 spiro atoms. The number of benzene rings is 2. The van der Waals surface area contributed by atoms with Crippen molar-refractivity contribution in [2.24, 2.45) is 0 Å². The molecule has 0 saturated carbocycles. The molecule has 1 unspecified atom stereocenters. The zero-order chi connectivity index (χ0) is 18.4. The zero-order valence-electron chi connectivity index (χ0n) is 13.7. The van der Waals surface area contributed by atoms with Gasteiger partial charge < -0.3 is 15.4 Å². The number of hydrogen-bond donors (Lipinski definition) is 2. The Kier molecular flexibility index (Phi) is 5.67. The average molecular weight is 343 g/mol. The molecular formula is C17H17N3O5. The third kappa shape index (κ3) is 4.54. The zero-order valence-corrected chi connectivity index (χ0v) is 13.7. The smallest absolute Gasteiger partial charge is 0.310 e. The Morgan fingerprint density at radius 2 is 1.88 bits per heavy atom. The van der Waals surface area contributed by atoms with Gasteiger partial charge in [0, 0.05) is 24.4 Å². The third-order valence-corrected chi connectivity index (χ3v) is 3.35. The quantitative estimate of drug-likeness (QED) is 0.618. The molecule has 1 atom stereocenters. The van der Waals surface area contributed by atoms with Gasteiger partial charge in [-0.1, -0.05) is 18.2 Å². The van der Waals surface area contributed by atoms with Crippen molar-refractivity contribution in [1.82, 2.24) is 5.32 Å². The highest BCUT2D eigenvalue weighted by Gasteiger charge is 2.20. The maximum atomic E-state index is 12.2. The lowest BCUT2D eigenvalue weighted by Crippen LogP contribution is -2.30. The number of nitrogens with zero attached hydrogens (tertiary/aromatic N) is 1. The lowest BCUT2D eigenvalue weighted by atomic mass is 10.2. The van der Waals surface area contributed by atoms with Crippen molar-refractivity contribution < 1.29 is 19.2 Å². The van der Waals surface area contributed by atoms with Crippen LogP contribution in [0.25, 0.3) is 0 Å². The highest BCUT2D eigenvalue weighted by Crippen LogP contribution is 2.27. The van der Waals surface area contributed by atoms with Gasteiger partial charge in [-0.25, -0.2) is 0 Å². The van der Waals surface area contributed by atoms with Crippen LogP contribution in [-0.4, -0.2) is 29.9 Å². The van der Waals surface area contributed by atoms with E-state index in [1.807, 2.05) is 0 Å². The number of hydrogen-bond acceptors (Lipinski definition) is 5. The van der Waals surface area contributed by atoms with E-state index in [0.717, 1.165) is 0 Å². The Bertz CT molecular complexity index is 806. The molecule has 2 rings (SSSR count). The summed E-state index contributed by atoms with van der Waals surface area (Å²) in [6.07, 6.45) is -0.968. The molecule has 8 heteroatoms. The Balaban J connectivity index is 2.09. The van der Waals surface area contributed by atoms with Gasteiger partial charge in [0.25, 0.3) is 11.8 Å². The van der Waals surface area contributed by atoms with E-state index in [9.17, 15) is 19.7 Å². The van der Waals surface area contributed by atoms with Crippen LogP contribution in [0, 0.1) is 10.1 Å². The molecule has 130 valence electrons. The van der Waals surface area contributed by atoms with Crippen molar-refractivity contribution >= 4 is 23.2 Å². The molecule has 0 aliphatic carbocycles. The lowest BCUT2D eigenvalue weighted by molar-refractivity contribution is -0.386. The monoisotopic (exact) mass is 343 g/mol. The van der Waals surface area contributed by atoms with Crippen LogP contribution in [0.3, 0.4) is 0 Å². The van der Waals surface area contributed by atoms with Crippen molar-refractivity contribution in [2.45, 2.75) is 13.0 Å². The van der Waals surface area contributed by atoms with Gasteiger partial charge in [0.1, 0.15) is 0 Å². The van der Waals surface area contributed by atoms with Crippen LogP contribution >= 0.6 is 0 Å². The number of ether oxygens (including phenoxy) is 1. The second kappa shape index (κ2) is 7.91. The van der Waals surface area contributed by atoms with Gasteiger partial charge in [-0.05, 0) is 31.2 Å². The lowest BCUT2D eigenvalue weighted by Gasteiger charge is -2.15. The molecule has 0 radical (unpaired) electrons. The van der Waals surface area contributed by atoms with E-state index in [4.69, 9.17) is 4.74 Å². The van der Waals surface area contributed by atoms with E-state index >= 15 is 0 Å². The highest BCUT2D eigenvalue weighted by molar-refractivity contribution is 5.98. The number of nitrogens with one attached hydrogen (secondary N) is 2. The Morgan fingerprint density at radius 3 is 2.56 bits per heavy atom. The summed E-state index contributed by atoms with van der Waals surface area (Å²) in [4.78, 5) is 34.3. The summed E-state index contributed by atoms with van der Waals surface area (Å²) in [5.41, 5.74) is 0.598. The number of carbonyl (C=O) groups is 2. The van der Waals surface area contributed by atoms with Gasteiger partial charge in [0.05, 0.1) is 4.92 Å². The van der Waals surface area contributed by atoms with Gasteiger partial charge in [0.15, 0.2) is 11.9 Å². The number of anilines is 1. The van der Waals surface area contributed by atoms with Crippen molar-refractivity contribution in [1.29, 1.82) is 0 Å². The van der Waals surface area contributed by atoms with Gasteiger partial charge in [-0.3, -0.25) is 19.7 Å². The fourth-order valence-electron chi connectivity index (χ4n) is 2.08. The SMILES string of the molecule is CNC(=O)c1cccc(NC(=O)C(C)Oc2ccccc2[N+](=O)[O-])c1. The number of rotatable bonds is 6. The normalized spacial score (nSPS) is 11.3. The maximum Gasteiger partial charge on any atom is 0.310 e. The summed E-state index contributed by atoms with van der Waals surface area (Å²) in [5.74, 6) is -0.762. The standard InChI is InChI=1S/C17H17N3O5/c1-11(25-15-9-4-3-8-14(15)20(23)24)16(21)19-13-7-5-6-12(10-13)17(22)18-2/h3-11H,1-2H3,(H,18,22)(H,19,21). The van der Waals surface area contributed by atoms with Crippen LogP contribution in [0.15, 0.2) is 48.5 Å². The summed E-state index contributed by atoms with van der Waals surface area (Å²) >= 11 is 0. The molecule has 8 nitrogen and oxygen atoms in total. The van der Waals surface area contributed by atoms with Crippen LogP contribution in [0.5, 0.6) is 5.75 Å². The van der Waals surface area contributed by atoms with Crippen molar-refractivity contribution in [3.8, 4) is 5.75 Å². The minimum atomic E-state index is -0.968. The minimum absolute atomic E-state index is 0.00858. The largest absolute Gasteiger partial charge is 0.474 e. The number of para-hydroxylation sites is 2. The first-order valence-electron chi connectivity index (χ1n) is 7.45. The Labute approximate surface area is 144 Å². The summed E-state index contributed by atoms with van der Waals surface area (Å²) in [6.45, 7) is 1.48. The number of nitro benzene ring substituents is 1. The molecule has 25 heavy (non-hydrogen) atoms. The Hall–Kier alpha value is -3.42.